The van der Waals surface area contributed by atoms with Gasteiger partial charge in [0.15, 0.2) is 12.1 Å². The number of hydrogen-bond acceptors (Lipinski definition) is 6. The summed E-state index contributed by atoms with van der Waals surface area (Å²) in [5.41, 5.74) is 0. The Morgan fingerprint density at radius 1 is 0.574 bits per heavy atom. The molecule has 0 aromatic carbocycles. The summed E-state index contributed by atoms with van der Waals surface area (Å²) in [6, 6.07) is -0.617. The second kappa shape index (κ2) is 37.2. The van der Waals surface area contributed by atoms with Gasteiger partial charge >= 0.3 is 17.9 Å². The van der Waals surface area contributed by atoms with E-state index >= 15 is 0 Å². The molecular weight excluding hydrogens is 679 g/mol. The zero-order chi connectivity index (χ0) is 40.0. The number of hydrogen-bond donors (Lipinski definition) is 1. The molecule has 8 nitrogen and oxygen atoms in total. The van der Waals surface area contributed by atoms with Crippen molar-refractivity contribution >= 4 is 17.9 Å². The zero-order valence-electron chi connectivity index (χ0n) is 35.4. The molecule has 0 rings (SSSR count). The molecule has 2 atom stereocenters. The van der Waals surface area contributed by atoms with Crippen molar-refractivity contribution < 1.29 is 38.2 Å². The number of carboxylic acid groups (broad SMARTS) is 1. The Morgan fingerprint density at radius 3 is 1.57 bits per heavy atom. The number of quaternary nitrogens is 1. The van der Waals surface area contributed by atoms with E-state index in [0.717, 1.165) is 51.4 Å². The fourth-order valence-corrected chi connectivity index (χ4v) is 6.14. The van der Waals surface area contributed by atoms with E-state index in [4.69, 9.17) is 14.2 Å². The maximum atomic E-state index is 12.7. The van der Waals surface area contributed by atoms with Crippen LogP contribution >= 0.6 is 0 Å². The van der Waals surface area contributed by atoms with Crippen molar-refractivity contribution in [2.24, 2.45) is 0 Å². The van der Waals surface area contributed by atoms with E-state index < -0.39 is 18.1 Å². The van der Waals surface area contributed by atoms with Crippen molar-refractivity contribution in [1.29, 1.82) is 0 Å². The van der Waals surface area contributed by atoms with Crippen LogP contribution in [0, 0.1) is 0 Å². The summed E-state index contributed by atoms with van der Waals surface area (Å²) in [7, 11) is 5.52. The quantitative estimate of drug-likeness (QED) is 0.0220. The topological polar surface area (TPSA) is 99.1 Å². The summed E-state index contributed by atoms with van der Waals surface area (Å²) in [6.45, 7) is 4.57. The van der Waals surface area contributed by atoms with Crippen molar-refractivity contribution in [2.75, 3.05) is 41.0 Å². The molecule has 0 aromatic rings. The molecule has 0 aliphatic rings. The van der Waals surface area contributed by atoms with E-state index in [9.17, 15) is 19.5 Å². The minimum absolute atomic E-state index is 0.0549. The number of unbranched alkanes of at least 4 members (excludes halogenated alkanes) is 18. The molecule has 0 spiro atoms. The number of carbonyl (C=O) groups is 3. The number of ether oxygens (including phenoxy) is 3. The second-order valence-electron chi connectivity index (χ2n) is 15.6. The van der Waals surface area contributed by atoms with E-state index in [1.54, 1.807) is 0 Å². The smallest absolute Gasteiger partial charge is 0.362 e. The Hall–Kier alpha value is -2.71. The lowest BCUT2D eigenvalue weighted by Crippen LogP contribution is -2.50. The fraction of sp³-hybridized carbons (Fsp3) is 0.761. The number of carboxylic acids is 1. The molecule has 312 valence electrons. The Morgan fingerprint density at radius 2 is 1.06 bits per heavy atom. The fourth-order valence-electron chi connectivity index (χ4n) is 6.14. The summed E-state index contributed by atoms with van der Waals surface area (Å²) < 4.78 is 17.3. The summed E-state index contributed by atoms with van der Waals surface area (Å²) in [5, 5.41) is 9.61. The number of rotatable bonds is 38. The summed E-state index contributed by atoms with van der Waals surface area (Å²) in [5.74, 6) is -1.49. The lowest BCUT2D eigenvalue weighted by atomic mass is 10.1. The first-order valence-electron chi connectivity index (χ1n) is 21.7. The average Bonchev–Trinajstić information content (AvgIpc) is 3.12. The number of carbonyl (C=O) groups excluding carboxylic acids is 2. The largest absolute Gasteiger partial charge is 0.477 e. The van der Waals surface area contributed by atoms with Crippen molar-refractivity contribution in [3.63, 3.8) is 0 Å². The van der Waals surface area contributed by atoms with Crippen LogP contribution in [-0.2, 0) is 28.6 Å². The Kier molecular flexibility index (Phi) is 35.4. The SMILES string of the molecule is CC/C=C/C=C/C=C/CCCCCCCCCC(=O)OCC(COCCC(C(=O)O)[N+](C)(C)C)OC(=O)CCCCCCCCC/C=C/CCCCCC. The highest BCUT2D eigenvalue weighted by molar-refractivity contribution is 5.72. The lowest BCUT2D eigenvalue weighted by Gasteiger charge is -2.31. The van der Waals surface area contributed by atoms with Gasteiger partial charge in [-0.2, -0.15) is 0 Å². The third-order valence-electron chi connectivity index (χ3n) is 9.52. The maximum absolute atomic E-state index is 12.7. The number of esters is 2. The minimum atomic E-state index is -0.879. The molecule has 0 saturated heterocycles. The predicted molar refractivity (Wildman–Crippen MR) is 224 cm³/mol. The van der Waals surface area contributed by atoms with E-state index in [-0.39, 0.29) is 36.2 Å². The second-order valence-corrected chi connectivity index (χ2v) is 15.6. The molecule has 0 aromatic heterocycles. The van der Waals surface area contributed by atoms with Crippen LogP contribution in [0.2, 0.25) is 0 Å². The van der Waals surface area contributed by atoms with Crippen LogP contribution in [0.5, 0.6) is 0 Å². The third kappa shape index (κ3) is 35.0. The average molecular weight is 761 g/mol. The molecule has 0 heterocycles. The van der Waals surface area contributed by atoms with E-state index in [2.05, 4.69) is 62.5 Å². The highest BCUT2D eigenvalue weighted by Gasteiger charge is 2.31. The van der Waals surface area contributed by atoms with Crippen molar-refractivity contribution in [1.82, 2.24) is 0 Å². The van der Waals surface area contributed by atoms with Crippen LogP contribution in [0.15, 0.2) is 48.6 Å². The predicted octanol–water partition coefficient (Wildman–Crippen LogP) is 11.6. The highest BCUT2D eigenvalue weighted by Crippen LogP contribution is 2.14. The van der Waals surface area contributed by atoms with Crippen molar-refractivity contribution in [3.05, 3.63) is 48.6 Å². The first-order chi connectivity index (χ1) is 26.1. The zero-order valence-corrected chi connectivity index (χ0v) is 35.4. The van der Waals surface area contributed by atoms with Gasteiger partial charge in [-0.25, -0.2) is 4.79 Å². The molecule has 0 amide bonds. The van der Waals surface area contributed by atoms with Crippen LogP contribution in [-0.4, -0.2) is 80.6 Å². The molecule has 0 aliphatic carbocycles. The van der Waals surface area contributed by atoms with Gasteiger partial charge in [0.2, 0.25) is 0 Å². The Balaban J connectivity index is 4.37. The van der Waals surface area contributed by atoms with Crippen LogP contribution in [0.4, 0.5) is 0 Å². The van der Waals surface area contributed by atoms with Gasteiger partial charge in [-0.05, 0) is 57.8 Å². The van der Waals surface area contributed by atoms with Crippen LogP contribution in [0.1, 0.15) is 174 Å². The first kappa shape index (κ1) is 51.3. The summed E-state index contributed by atoms with van der Waals surface area (Å²) >= 11 is 0. The molecule has 0 aliphatic heterocycles. The molecule has 1 N–H and O–H groups in total. The number of aliphatic carboxylic acids is 1. The summed E-state index contributed by atoms with van der Waals surface area (Å²) in [6.07, 6.45) is 42.9. The number of likely N-dealkylation sites (N-methyl/N-ethyl adjacent to an activating group) is 1. The van der Waals surface area contributed by atoms with E-state index in [1.807, 2.05) is 21.1 Å². The van der Waals surface area contributed by atoms with Gasteiger partial charge in [-0.1, -0.05) is 146 Å². The lowest BCUT2D eigenvalue weighted by molar-refractivity contribution is -0.887. The van der Waals surface area contributed by atoms with Gasteiger partial charge < -0.3 is 23.8 Å². The van der Waals surface area contributed by atoms with Crippen molar-refractivity contribution in [2.45, 2.75) is 187 Å². The van der Waals surface area contributed by atoms with Crippen LogP contribution < -0.4 is 0 Å². The Bertz CT molecular complexity index is 1030. The molecule has 0 bridgehead atoms. The number of allylic oxidation sites excluding steroid dienone is 8. The van der Waals surface area contributed by atoms with E-state index in [0.29, 0.717) is 19.3 Å². The van der Waals surface area contributed by atoms with Crippen molar-refractivity contribution in [3.8, 4) is 0 Å². The molecule has 54 heavy (non-hydrogen) atoms. The van der Waals surface area contributed by atoms with Gasteiger partial charge in [-0.15, -0.1) is 0 Å². The van der Waals surface area contributed by atoms with Gasteiger partial charge in [0.25, 0.3) is 0 Å². The first-order valence-corrected chi connectivity index (χ1v) is 21.7. The Labute approximate surface area is 331 Å². The molecule has 0 saturated carbocycles. The monoisotopic (exact) mass is 761 g/mol. The van der Waals surface area contributed by atoms with Gasteiger partial charge in [0.1, 0.15) is 6.61 Å². The third-order valence-corrected chi connectivity index (χ3v) is 9.52. The van der Waals surface area contributed by atoms with Gasteiger partial charge in [0.05, 0.1) is 34.4 Å². The molecule has 0 radical (unpaired) electrons. The van der Waals surface area contributed by atoms with Crippen LogP contribution in [0.3, 0.4) is 0 Å². The molecular formula is C46H82NO7+. The molecule has 2 unspecified atom stereocenters. The highest BCUT2D eigenvalue weighted by atomic mass is 16.6. The van der Waals surface area contributed by atoms with E-state index in [1.165, 1.54) is 89.9 Å². The number of nitrogens with zero attached hydrogens (tertiary/aromatic N) is 1. The normalized spacial score (nSPS) is 13.4. The minimum Gasteiger partial charge on any atom is -0.477 e. The summed E-state index contributed by atoms with van der Waals surface area (Å²) in [4.78, 5) is 36.9. The maximum Gasteiger partial charge on any atom is 0.362 e. The van der Waals surface area contributed by atoms with Gasteiger partial charge in [0, 0.05) is 19.3 Å². The molecule has 8 heteroatoms. The van der Waals surface area contributed by atoms with Gasteiger partial charge in [-0.3, -0.25) is 9.59 Å². The van der Waals surface area contributed by atoms with Crippen LogP contribution in [0.25, 0.3) is 0 Å². The standard InChI is InChI=1S/C46H81NO7/c1-6-8-10-12-14-16-18-20-22-24-26-28-30-32-34-36-44(48)53-41-42(40-52-39-38-43(46(50)51)47(3,4)5)54-45(49)37-35-33-31-29-27-25-23-21-19-17-15-13-11-9-7-2/h8,10,12,14,16-19,42-43H,6-7,9,11,13,15,20-41H2,1-5H3/p+1/b10-8+,14-12+,18-16+,19-17+. The molecule has 0 fully saturated rings.